The van der Waals surface area contributed by atoms with E-state index in [1.807, 2.05) is 37.4 Å². The van der Waals surface area contributed by atoms with E-state index >= 15 is 0 Å². The molecule has 0 aliphatic heterocycles. The van der Waals surface area contributed by atoms with Crippen molar-refractivity contribution in [3.63, 3.8) is 0 Å². The summed E-state index contributed by atoms with van der Waals surface area (Å²) in [5.74, 6) is 1.37. The van der Waals surface area contributed by atoms with Crippen LogP contribution in [0.2, 0.25) is 0 Å². The van der Waals surface area contributed by atoms with Crippen LogP contribution in [0.3, 0.4) is 0 Å². The lowest BCUT2D eigenvalue weighted by atomic mass is 10.1. The average molecular weight is 305 g/mol. The predicted octanol–water partition coefficient (Wildman–Crippen LogP) is 3.50. The molecule has 0 amide bonds. The Morgan fingerprint density at radius 2 is 1.91 bits per heavy atom. The number of nitrogens with zero attached hydrogens (tertiary/aromatic N) is 3. The lowest BCUT2D eigenvalue weighted by Crippen LogP contribution is -2.06. The zero-order chi connectivity index (χ0) is 16.1. The number of rotatable bonds is 5. The molecule has 0 radical (unpaired) electrons. The number of pyridine rings is 1. The molecule has 0 bridgehead atoms. The van der Waals surface area contributed by atoms with E-state index in [2.05, 4.69) is 44.6 Å². The smallest absolute Gasteiger partial charge is 0.224 e. The molecule has 0 fully saturated rings. The van der Waals surface area contributed by atoms with Gasteiger partial charge in [-0.3, -0.25) is 4.98 Å². The van der Waals surface area contributed by atoms with Crippen LogP contribution in [0.15, 0.2) is 54.9 Å². The van der Waals surface area contributed by atoms with Crippen molar-refractivity contribution in [2.75, 3.05) is 17.7 Å². The van der Waals surface area contributed by atoms with Gasteiger partial charge in [0.25, 0.3) is 0 Å². The first-order valence-electron chi connectivity index (χ1n) is 7.52. The van der Waals surface area contributed by atoms with Gasteiger partial charge in [-0.25, -0.2) is 4.98 Å². The van der Waals surface area contributed by atoms with E-state index in [9.17, 15) is 0 Å². The van der Waals surface area contributed by atoms with Gasteiger partial charge in [-0.1, -0.05) is 24.3 Å². The maximum absolute atomic E-state index is 4.49. The fraction of sp³-hybridized carbons (Fsp3) is 0.167. The first-order chi connectivity index (χ1) is 11.3. The molecule has 2 N–H and O–H groups in total. The van der Waals surface area contributed by atoms with Crippen LogP contribution in [0.25, 0.3) is 11.3 Å². The molecule has 0 unspecified atom stereocenters. The quantitative estimate of drug-likeness (QED) is 0.755. The zero-order valence-corrected chi connectivity index (χ0v) is 13.2. The Kier molecular flexibility index (Phi) is 4.47. The van der Waals surface area contributed by atoms with Crippen molar-refractivity contribution < 1.29 is 0 Å². The molecule has 0 aliphatic carbocycles. The summed E-state index contributed by atoms with van der Waals surface area (Å²) in [7, 11) is 1.81. The van der Waals surface area contributed by atoms with E-state index in [1.165, 1.54) is 11.1 Å². The van der Waals surface area contributed by atoms with Crippen molar-refractivity contribution in [2.24, 2.45) is 0 Å². The van der Waals surface area contributed by atoms with E-state index in [1.54, 1.807) is 12.4 Å². The number of aromatic nitrogens is 3. The lowest BCUT2D eigenvalue weighted by molar-refractivity contribution is 1.07. The second-order valence-electron chi connectivity index (χ2n) is 5.23. The maximum Gasteiger partial charge on any atom is 0.224 e. The van der Waals surface area contributed by atoms with Gasteiger partial charge in [-0.2, -0.15) is 4.98 Å². The SMILES string of the molecule is CNc1nc(NCc2ccccc2C)cc(-c2cccnc2)n1. The zero-order valence-electron chi connectivity index (χ0n) is 13.2. The number of aryl methyl sites for hydroxylation is 1. The highest BCUT2D eigenvalue weighted by molar-refractivity contribution is 5.63. The van der Waals surface area contributed by atoms with E-state index in [-0.39, 0.29) is 0 Å². The summed E-state index contributed by atoms with van der Waals surface area (Å²) in [6.45, 7) is 2.83. The Balaban J connectivity index is 1.86. The third-order valence-electron chi connectivity index (χ3n) is 3.63. The topological polar surface area (TPSA) is 62.7 Å². The molecule has 5 nitrogen and oxygen atoms in total. The third kappa shape index (κ3) is 3.63. The molecule has 5 heteroatoms. The summed E-state index contributed by atoms with van der Waals surface area (Å²) >= 11 is 0. The van der Waals surface area contributed by atoms with Crippen molar-refractivity contribution >= 4 is 11.8 Å². The Morgan fingerprint density at radius 3 is 2.65 bits per heavy atom. The first-order valence-corrected chi connectivity index (χ1v) is 7.52. The molecule has 116 valence electrons. The van der Waals surface area contributed by atoms with Crippen LogP contribution >= 0.6 is 0 Å². The Morgan fingerprint density at radius 1 is 1.04 bits per heavy atom. The summed E-state index contributed by atoms with van der Waals surface area (Å²) in [4.78, 5) is 13.1. The molecule has 23 heavy (non-hydrogen) atoms. The van der Waals surface area contributed by atoms with E-state index in [0.717, 1.165) is 23.6 Å². The Hall–Kier alpha value is -2.95. The summed E-state index contributed by atoms with van der Waals surface area (Å²) < 4.78 is 0. The number of anilines is 2. The number of nitrogens with one attached hydrogen (secondary N) is 2. The molecule has 0 saturated heterocycles. The fourth-order valence-corrected chi connectivity index (χ4v) is 2.31. The van der Waals surface area contributed by atoms with Crippen LogP contribution in [0, 0.1) is 6.92 Å². The van der Waals surface area contributed by atoms with Gasteiger partial charge in [0.2, 0.25) is 5.95 Å². The summed E-state index contributed by atoms with van der Waals surface area (Å²) in [5, 5.41) is 6.38. The van der Waals surface area contributed by atoms with E-state index < -0.39 is 0 Å². The minimum atomic E-state index is 0.582. The second-order valence-corrected chi connectivity index (χ2v) is 5.23. The first kappa shape index (κ1) is 15.0. The average Bonchev–Trinajstić information content (AvgIpc) is 2.61. The van der Waals surface area contributed by atoms with Gasteiger partial charge in [-0.15, -0.1) is 0 Å². The summed E-state index contributed by atoms with van der Waals surface area (Å²) in [5.41, 5.74) is 4.31. The van der Waals surface area contributed by atoms with Crippen molar-refractivity contribution in [3.05, 3.63) is 66.0 Å². The molecule has 1 aromatic carbocycles. The Labute approximate surface area is 135 Å². The highest BCUT2D eigenvalue weighted by Gasteiger charge is 2.06. The van der Waals surface area contributed by atoms with Gasteiger partial charge in [-0.05, 0) is 30.2 Å². The van der Waals surface area contributed by atoms with Gasteiger partial charge in [0.15, 0.2) is 0 Å². The molecule has 2 heterocycles. The van der Waals surface area contributed by atoms with Gasteiger partial charge in [0.1, 0.15) is 5.82 Å². The maximum atomic E-state index is 4.49. The van der Waals surface area contributed by atoms with Crippen molar-refractivity contribution in [1.82, 2.24) is 15.0 Å². The molecular formula is C18H19N5. The predicted molar refractivity (Wildman–Crippen MR) is 93.3 cm³/mol. The summed E-state index contributed by atoms with van der Waals surface area (Å²) in [6.07, 6.45) is 3.55. The third-order valence-corrected chi connectivity index (χ3v) is 3.63. The van der Waals surface area contributed by atoms with Gasteiger partial charge < -0.3 is 10.6 Å². The highest BCUT2D eigenvalue weighted by Crippen LogP contribution is 2.21. The van der Waals surface area contributed by atoms with Crippen molar-refractivity contribution in [1.29, 1.82) is 0 Å². The van der Waals surface area contributed by atoms with E-state index in [0.29, 0.717) is 5.95 Å². The minimum absolute atomic E-state index is 0.582. The van der Waals surface area contributed by atoms with Crippen LogP contribution in [0.4, 0.5) is 11.8 Å². The second kappa shape index (κ2) is 6.87. The normalized spacial score (nSPS) is 10.3. The molecule has 0 spiro atoms. The largest absolute Gasteiger partial charge is 0.366 e. The van der Waals surface area contributed by atoms with Gasteiger partial charge >= 0.3 is 0 Å². The molecule has 0 aliphatic rings. The van der Waals surface area contributed by atoms with Crippen LogP contribution in [0.1, 0.15) is 11.1 Å². The Bertz CT molecular complexity index is 786. The highest BCUT2D eigenvalue weighted by atomic mass is 15.1. The number of hydrogen-bond acceptors (Lipinski definition) is 5. The van der Waals surface area contributed by atoms with Crippen molar-refractivity contribution in [3.8, 4) is 11.3 Å². The van der Waals surface area contributed by atoms with Crippen LogP contribution in [0.5, 0.6) is 0 Å². The van der Waals surface area contributed by atoms with E-state index in [4.69, 9.17) is 0 Å². The molecule has 0 saturated carbocycles. The summed E-state index contributed by atoms with van der Waals surface area (Å²) in [6, 6.07) is 14.1. The molecule has 3 aromatic rings. The molecular weight excluding hydrogens is 286 g/mol. The number of hydrogen-bond donors (Lipinski definition) is 2. The molecule has 0 atom stereocenters. The number of benzene rings is 1. The monoisotopic (exact) mass is 305 g/mol. The van der Waals surface area contributed by atoms with Crippen molar-refractivity contribution in [2.45, 2.75) is 13.5 Å². The fourth-order valence-electron chi connectivity index (χ4n) is 2.31. The van der Waals surface area contributed by atoms with Crippen LogP contribution < -0.4 is 10.6 Å². The molecule has 2 aromatic heterocycles. The molecule has 3 rings (SSSR count). The standard InChI is InChI=1S/C18H19N5/c1-13-6-3-4-7-14(13)12-21-17-10-16(22-18(19-2)23-17)15-8-5-9-20-11-15/h3-11H,12H2,1-2H3,(H2,19,21,22,23). The van der Waals surface area contributed by atoms with Gasteiger partial charge in [0.05, 0.1) is 5.69 Å². The van der Waals surface area contributed by atoms with Crippen LogP contribution in [-0.4, -0.2) is 22.0 Å². The van der Waals surface area contributed by atoms with Crippen LogP contribution in [-0.2, 0) is 6.54 Å². The minimum Gasteiger partial charge on any atom is -0.366 e. The van der Waals surface area contributed by atoms with Gasteiger partial charge in [0, 0.05) is 37.6 Å². The lowest BCUT2D eigenvalue weighted by Gasteiger charge is -2.11.